The second-order valence-electron chi connectivity index (χ2n) is 7.69. The lowest BCUT2D eigenvalue weighted by atomic mass is 9.88. The molecule has 0 aliphatic carbocycles. The molecule has 5 nitrogen and oxygen atoms in total. The molecular weight excluding hydrogens is 385 g/mol. The van der Waals surface area contributed by atoms with Crippen LogP contribution in [0.4, 0.5) is 0 Å². The van der Waals surface area contributed by atoms with Gasteiger partial charge in [0.25, 0.3) is 0 Å². The molecule has 154 valence electrons. The molecule has 2 heterocycles. The van der Waals surface area contributed by atoms with E-state index in [-0.39, 0.29) is 30.7 Å². The molecule has 3 atom stereocenters. The molecule has 0 spiro atoms. The molecule has 0 unspecified atom stereocenters. The number of fused-ring (bicyclic) bond motifs is 1. The topological polar surface area (TPSA) is 36.0 Å². The molecule has 0 bridgehead atoms. The van der Waals surface area contributed by atoms with E-state index in [0.29, 0.717) is 31.0 Å². The summed E-state index contributed by atoms with van der Waals surface area (Å²) >= 11 is 0. The Labute approximate surface area is 175 Å². The van der Waals surface area contributed by atoms with E-state index >= 15 is 0 Å². The van der Waals surface area contributed by atoms with Crippen LogP contribution in [0, 0.1) is 18.8 Å². The third-order valence-electron chi connectivity index (χ3n) is 5.84. The van der Waals surface area contributed by atoms with Crippen molar-refractivity contribution in [2.75, 3.05) is 60.5 Å². The molecule has 3 rings (SSSR count). The Balaban J connectivity index is 0.00000182. The van der Waals surface area contributed by atoms with Gasteiger partial charge in [0.2, 0.25) is 5.91 Å². The smallest absolute Gasteiger partial charge is 0.236 e. The first kappa shape index (κ1) is 24.2. The summed E-state index contributed by atoms with van der Waals surface area (Å²) in [5.41, 5.74) is 2.77. The summed E-state index contributed by atoms with van der Waals surface area (Å²) in [5, 5.41) is 0. The first-order chi connectivity index (χ1) is 12.0. The van der Waals surface area contributed by atoms with E-state index in [0.717, 1.165) is 26.2 Å². The summed E-state index contributed by atoms with van der Waals surface area (Å²) < 4.78 is 5.09. The number of ether oxygens (including phenoxy) is 1. The van der Waals surface area contributed by atoms with Crippen LogP contribution >= 0.6 is 24.8 Å². The summed E-state index contributed by atoms with van der Waals surface area (Å²) in [7, 11) is 5.90. The van der Waals surface area contributed by atoms with Gasteiger partial charge in [0.1, 0.15) is 0 Å². The molecule has 2 saturated heterocycles. The fourth-order valence-corrected chi connectivity index (χ4v) is 4.51. The fraction of sp³-hybridized carbons (Fsp3) is 0.650. The molecule has 27 heavy (non-hydrogen) atoms. The number of carbonyl (C=O) groups is 1. The molecule has 0 saturated carbocycles. The number of carbonyl (C=O) groups excluding carboxylic acids is 1. The molecule has 2 fully saturated rings. The van der Waals surface area contributed by atoms with E-state index in [9.17, 15) is 4.79 Å². The number of methoxy groups -OCH3 is 1. The first-order valence-electron chi connectivity index (χ1n) is 9.22. The highest BCUT2D eigenvalue weighted by Gasteiger charge is 2.47. The van der Waals surface area contributed by atoms with E-state index in [2.05, 4.69) is 48.0 Å². The number of amides is 1. The summed E-state index contributed by atoms with van der Waals surface area (Å²) in [6.45, 7) is 6.98. The van der Waals surface area contributed by atoms with E-state index in [1.165, 1.54) is 11.1 Å². The van der Waals surface area contributed by atoms with Crippen molar-refractivity contribution in [3.05, 3.63) is 35.4 Å². The summed E-state index contributed by atoms with van der Waals surface area (Å²) in [6.07, 6.45) is 0. The lowest BCUT2D eigenvalue weighted by Crippen LogP contribution is -2.40. The maximum atomic E-state index is 12.7. The summed E-state index contributed by atoms with van der Waals surface area (Å²) in [4.78, 5) is 19.3. The quantitative estimate of drug-likeness (QED) is 0.711. The maximum Gasteiger partial charge on any atom is 0.236 e. The zero-order valence-electron chi connectivity index (χ0n) is 16.8. The van der Waals surface area contributed by atoms with Crippen LogP contribution in [-0.2, 0) is 9.53 Å². The Morgan fingerprint density at radius 1 is 1.22 bits per heavy atom. The van der Waals surface area contributed by atoms with Gasteiger partial charge in [0.05, 0.1) is 13.2 Å². The molecule has 0 N–H and O–H groups in total. The molecule has 2 aliphatic rings. The van der Waals surface area contributed by atoms with Crippen molar-refractivity contribution >= 4 is 30.7 Å². The third-order valence-corrected chi connectivity index (χ3v) is 5.84. The minimum absolute atomic E-state index is 0. The zero-order chi connectivity index (χ0) is 18.0. The van der Waals surface area contributed by atoms with Crippen molar-refractivity contribution in [1.29, 1.82) is 0 Å². The Bertz CT molecular complexity index is 617. The van der Waals surface area contributed by atoms with Crippen molar-refractivity contribution < 1.29 is 9.53 Å². The van der Waals surface area contributed by atoms with Gasteiger partial charge >= 0.3 is 0 Å². The Kier molecular flexibility index (Phi) is 9.52. The largest absolute Gasteiger partial charge is 0.383 e. The fourth-order valence-electron chi connectivity index (χ4n) is 4.51. The molecule has 7 heteroatoms. The third kappa shape index (κ3) is 5.36. The highest BCUT2D eigenvalue weighted by molar-refractivity contribution is 5.85. The van der Waals surface area contributed by atoms with Crippen LogP contribution in [-0.4, -0.2) is 81.1 Å². The number of rotatable bonds is 6. The lowest BCUT2D eigenvalue weighted by molar-refractivity contribution is -0.131. The number of aryl methyl sites for hydroxylation is 1. The van der Waals surface area contributed by atoms with E-state index < -0.39 is 0 Å². The summed E-state index contributed by atoms with van der Waals surface area (Å²) in [6, 6.07) is 9.11. The number of likely N-dealkylation sites (N-methyl/N-ethyl adjacent to an activating group) is 1. The first-order valence-corrected chi connectivity index (χ1v) is 9.22. The second kappa shape index (κ2) is 10.6. The number of halogens is 2. The highest BCUT2D eigenvalue weighted by atomic mass is 35.5. The minimum Gasteiger partial charge on any atom is -0.383 e. The van der Waals surface area contributed by atoms with Crippen LogP contribution in [0.1, 0.15) is 17.2 Å². The van der Waals surface area contributed by atoms with Gasteiger partial charge in [-0.25, -0.2) is 0 Å². The Hall–Kier alpha value is -0.850. The van der Waals surface area contributed by atoms with Crippen LogP contribution in [0.25, 0.3) is 0 Å². The van der Waals surface area contributed by atoms with Crippen molar-refractivity contribution in [2.45, 2.75) is 13.0 Å². The van der Waals surface area contributed by atoms with Crippen LogP contribution in [0.5, 0.6) is 0 Å². The molecule has 2 aliphatic heterocycles. The number of hydrogen-bond donors (Lipinski definition) is 0. The van der Waals surface area contributed by atoms with Crippen LogP contribution < -0.4 is 0 Å². The normalized spacial score (nSPS) is 24.5. The average Bonchev–Trinajstić information content (AvgIpc) is 3.10. The molecule has 1 amide bonds. The van der Waals surface area contributed by atoms with Crippen LogP contribution in [0.15, 0.2) is 24.3 Å². The van der Waals surface area contributed by atoms with Crippen molar-refractivity contribution in [3.8, 4) is 0 Å². The number of nitrogens with zero attached hydrogens (tertiary/aromatic N) is 3. The van der Waals surface area contributed by atoms with Gasteiger partial charge in [-0.3, -0.25) is 14.6 Å². The van der Waals surface area contributed by atoms with Crippen LogP contribution in [0.2, 0.25) is 0 Å². The summed E-state index contributed by atoms with van der Waals surface area (Å²) in [5.74, 6) is 1.38. The van der Waals surface area contributed by atoms with Gasteiger partial charge in [-0.2, -0.15) is 0 Å². The van der Waals surface area contributed by atoms with E-state index in [4.69, 9.17) is 4.74 Å². The molecule has 0 aromatic heterocycles. The SMILES string of the molecule is COCCN(C)CC(=O)N1C[C@@H]2CN(C)[C@@H](c3ccccc3C)[C@@H]2C1.Cl.Cl. The van der Waals surface area contributed by atoms with Crippen molar-refractivity contribution in [1.82, 2.24) is 14.7 Å². The number of hydrogen-bond acceptors (Lipinski definition) is 4. The monoisotopic (exact) mass is 417 g/mol. The molecule has 1 aromatic carbocycles. The van der Waals surface area contributed by atoms with Gasteiger partial charge in [0, 0.05) is 45.2 Å². The number of likely N-dealkylation sites (tertiary alicyclic amines) is 2. The Morgan fingerprint density at radius 2 is 1.93 bits per heavy atom. The van der Waals surface area contributed by atoms with E-state index in [1.807, 2.05) is 11.9 Å². The standard InChI is InChI=1S/C20H31N3O2.2ClH/c1-15-7-5-6-8-17(15)20-18-13-23(12-16(18)11-22(20)3)19(24)14-21(2)9-10-25-4;;/h5-8,16,18,20H,9-14H2,1-4H3;2*1H/t16-,18+,20-;;/m0../s1. The molecule has 1 aromatic rings. The van der Waals surface area contributed by atoms with Gasteiger partial charge < -0.3 is 9.64 Å². The highest BCUT2D eigenvalue weighted by Crippen LogP contribution is 2.44. The van der Waals surface area contributed by atoms with Crippen molar-refractivity contribution in [3.63, 3.8) is 0 Å². The second-order valence-corrected chi connectivity index (χ2v) is 7.69. The minimum atomic E-state index is 0. The molecule has 0 radical (unpaired) electrons. The predicted molar refractivity (Wildman–Crippen MR) is 114 cm³/mol. The molecular formula is C20H33Cl2N3O2. The maximum absolute atomic E-state index is 12.7. The van der Waals surface area contributed by atoms with E-state index in [1.54, 1.807) is 7.11 Å². The van der Waals surface area contributed by atoms with Crippen LogP contribution in [0.3, 0.4) is 0 Å². The van der Waals surface area contributed by atoms with Gasteiger partial charge in [-0.1, -0.05) is 24.3 Å². The van der Waals surface area contributed by atoms with Gasteiger partial charge in [-0.15, -0.1) is 24.8 Å². The van der Waals surface area contributed by atoms with Crippen molar-refractivity contribution in [2.24, 2.45) is 11.8 Å². The lowest BCUT2D eigenvalue weighted by Gasteiger charge is -2.28. The van der Waals surface area contributed by atoms with Gasteiger partial charge in [-0.05, 0) is 38.1 Å². The van der Waals surface area contributed by atoms with Gasteiger partial charge in [0.15, 0.2) is 0 Å². The Morgan fingerprint density at radius 3 is 2.59 bits per heavy atom. The predicted octanol–water partition coefficient (Wildman–Crippen LogP) is 2.48. The number of benzene rings is 1. The zero-order valence-corrected chi connectivity index (χ0v) is 18.4. The average molecular weight is 418 g/mol.